The normalized spacial score (nSPS) is 21.0. The highest BCUT2D eigenvalue weighted by atomic mass is 32.2. The second-order valence-corrected chi connectivity index (χ2v) is 9.99. The van der Waals surface area contributed by atoms with Crippen LogP contribution in [0.15, 0.2) is 47.4 Å². The molecule has 5 nitrogen and oxygen atoms in total. The fourth-order valence-electron chi connectivity index (χ4n) is 4.35. The molecule has 0 aliphatic carbocycles. The van der Waals surface area contributed by atoms with E-state index in [0.29, 0.717) is 4.90 Å². The Morgan fingerprint density at radius 1 is 0.893 bits per heavy atom. The number of likely N-dealkylation sites (tertiary alicyclic amines) is 1. The Bertz CT molecular complexity index is 888. The number of sulfone groups is 1. The lowest BCUT2D eigenvalue weighted by molar-refractivity contribution is 0.0229. The third-order valence-corrected chi connectivity index (χ3v) is 7.77. The van der Waals surface area contributed by atoms with E-state index < -0.39 is 9.84 Å². The molecule has 152 valence electrons. The third-order valence-electron chi connectivity index (χ3n) is 5.97. The molecule has 0 bridgehead atoms. The lowest BCUT2D eigenvalue weighted by Crippen LogP contribution is -2.51. The number of nitrogens with zero attached hydrogens (tertiary/aromatic N) is 2. The van der Waals surface area contributed by atoms with E-state index in [1.165, 1.54) is 6.42 Å². The summed E-state index contributed by atoms with van der Waals surface area (Å²) in [6, 6.07) is 13.5. The maximum absolute atomic E-state index is 13.3. The Hall–Kier alpha value is -1.47. The van der Waals surface area contributed by atoms with Gasteiger partial charge in [-0.2, -0.15) is 0 Å². The molecular formula is C22H30N2O3S. The molecule has 0 amide bonds. The molecule has 0 radical (unpaired) electrons. The molecule has 4 rings (SSSR count). The number of benzene rings is 2. The highest BCUT2D eigenvalue weighted by Gasteiger charge is 2.29. The van der Waals surface area contributed by atoms with E-state index in [0.717, 1.165) is 69.6 Å². The molecule has 0 spiro atoms. The van der Waals surface area contributed by atoms with Crippen molar-refractivity contribution in [3.8, 4) is 0 Å². The number of ether oxygens (including phenoxy) is 1. The van der Waals surface area contributed by atoms with Crippen LogP contribution in [0.1, 0.15) is 19.3 Å². The molecule has 0 unspecified atom stereocenters. The van der Waals surface area contributed by atoms with Gasteiger partial charge in [0.25, 0.3) is 0 Å². The van der Waals surface area contributed by atoms with Gasteiger partial charge in [-0.05, 0) is 48.8 Å². The van der Waals surface area contributed by atoms with Gasteiger partial charge in [0, 0.05) is 25.7 Å². The van der Waals surface area contributed by atoms with Crippen LogP contribution >= 0.6 is 0 Å². The Labute approximate surface area is 168 Å². The van der Waals surface area contributed by atoms with Crippen LogP contribution in [0.2, 0.25) is 0 Å². The van der Waals surface area contributed by atoms with Gasteiger partial charge in [0.2, 0.25) is 0 Å². The molecule has 2 heterocycles. The number of morpholine rings is 1. The second kappa shape index (κ2) is 8.91. The van der Waals surface area contributed by atoms with E-state index in [2.05, 4.69) is 9.80 Å². The first-order valence-corrected chi connectivity index (χ1v) is 12.0. The van der Waals surface area contributed by atoms with Crippen LogP contribution in [0.3, 0.4) is 0 Å². The summed E-state index contributed by atoms with van der Waals surface area (Å²) in [6.07, 6.45) is 3.57. The van der Waals surface area contributed by atoms with Gasteiger partial charge in [0.1, 0.15) is 0 Å². The molecule has 2 aliphatic heterocycles. The summed E-state index contributed by atoms with van der Waals surface area (Å²) in [5.74, 6) is 0.183. The van der Waals surface area contributed by atoms with Crippen LogP contribution in [0.25, 0.3) is 10.8 Å². The van der Waals surface area contributed by atoms with Gasteiger partial charge in [0.15, 0.2) is 9.84 Å². The Morgan fingerprint density at radius 3 is 2.36 bits per heavy atom. The van der Waals surface area contributed by atoms with Crippen molar-refractivity contribution in [1.29, 1.82) is 0 Å². The fourth-order valence-corrected chi connectivity index (χ4v) is 5.95. The smallest absolute Gasteiger partial charge is 0.179 e. The van der Waals surface area contributed by atoms with Gasteiger partial charge in [-0.15, -0.1) is 0 Å². The third kappa shape index (κ3) is 4.74. The average molecular weight is 403 g/mol. The van der Waals surface area contributed by atoms with Gasteiger partial charge < -0.3 is 4.74 Å². The zero-order chi connectivity index (χ0) is 19.4. The molecular weight excluding hydrogens is 372 g/mol. The summed E-state index contributed by atoms with van der Waals surface area (Å²) < 4.78 is 32.1. The quantitative estimate of drug-likeness (QED) is 0.744. The van der Waals surface area contributed by atoms with Crippen LogP contribution in [-0.4, -0.2) is 75.9 Å². The average Bonchev–Trinajstić information content (AvgIpc) is 2.74. The van der Waals surface area contributed by atoms with Crippen LogP contribution < -0.4 is 0 Å². The van der Waals surface area contributed by atoms with Crippen molar-refractivity contribution in [2.24, 2.45) is 0 Å². The minimum absolute atomic E-state index is 0.0369. The molecule has 2 saturated heterocycles. The van der Waals surface area contributed by atoms with E-state index in [9.17, 15) is 8.42 Å². The van der Waals surface area contributed by atoms with Crippen LogP contribution in [0, 0.1) is 0 Å². The zero-order valence-electron chi connectivity index (χ0n) is 16.4. The first-order chi connectivity index (χ1) is 13.6. The molecule has 0 N–H and O–H groups in total. The largest absolute Gasteiger partial charge is 0.379 e. The van der Waals surface area contributed by atoms with Crippen molar-refractivity contribution in [3.05, 3.63) is 42.5 Å². The van der Waals surface area contributed by atoms with Gasteiger partial charge in [0.05, 0.1) is 23.9 Å². The summed E-state index contributed by atoms with van der Waals surface area (Å²) in [4.78, 5) is 5.20. The van der Waals surface area contributed by atoms with Crippen molar-refractivity contribution in [3.63, 3.8) is 0 Å². The molecule has 6 heteroatoms. The highest BCUT2D eigenvalue weighted by Crippen LogP contribution is 2.23. The van der Waals surface area contributed by atoms with E-state index in [1.54, 1.807) is 6.07 Å². The molecule has 1 atom stereocenters. The van der Waals surface area contributed by atoms with Gasteiger partial charge >= 0.3 is 0 Å². The maximum atomic E-state index is 13.3. The van der Waals surface area contributed by atoms with Crippen molar-refractivity contribution in [2.75, 3.05) is 51.7 Å². The molecule has 0 saturated carbocycles. The van der Waals surface area contributed by atoms with Gasteiger partial charge in [-0.3, -0.25) is 9.80 Å². The molecule has 2 aromatic carbocycles. The standard InChI is InChI=1S/C22H30N2O3S/c25-28(26,22-9-8-19-6-2-3-7-20(19)16-22)18-21(24-10-4-1-5-11-24)17-23-12-14-27-15-13-23/h2-3,6-9,16,21H,1,4-5,10-15,17-18H2/t21-/m1/s1. The molecule has 2 aromatic rings. The number of rotatable bonds is 6. The molecule has 2 aliphatic rings. The minimum Gasteiger partial charge on any atom is -0.379 e. The highest BCUT2D eigenvalue weighted by molar-refractivity contribution is 7.91. The van der Waals surface area contributed by atoms with E-state index in [-0.39, 0.29) is 11.8 Å². The summed E-state index contributed by atoms with van der Waals surface area (Å²) in [5.41, 5.74) is 0. The molecule has 28 heavy (non-hydrogen) atoms. The maximum Gasteiger partial charge on any atom is 0.179 e. The second-order valence-electron chi connectivity index (χ2n) is 7.95. The van der Waals surface area contributed by atoms with Gasteiger partial charge in [-0.1, -0.05) is 36.8 Å². The number of hydrogen-bond acceptors (Lipinski definition) is 5. The lowest BCUT2D eigenvalue weighted by Gasteiger charge is -2.38. The number of fused-ring (bicyclic) bond motifs is 1. The van der Waals surface area contributed by atoms with E-state index in [4.69, 9.17) is 4.74 Å². The summed E-state index contributed by atoms with van der Waals surface area (Å²) >= 11 is 0. The SMILES string of the molecule is O=S(=O)(C[C@@H](CN1CCOCC1)N1CCCCC1)c1ccc2ccccc2c1. The van der Waals surface area contributed by atoms with Crippen molar-refractivity contribution < 1.29 is 13.2 Å². The van der Waals surface area contributed by atoms with Crippen molar-refractivity contribution in [1.82, 2.24) is 9.80 Å². The fraction of sp³-hybridized carbons (Fsp3) is 0.545. The summed E-state index contributed by atoms with van der Waals surface area (Å²) in [6.45, 7) is 6.07. The van der Waals surface area contributed by atoms with Crippen LogP contribution in [0.4, 0.5) is 0 Å². The monoisotopic (exact) mass is 402 g/mol. The van der Waals surface area contributed by atoms with Crippen LogP contribution in [0.5, 0.6) is 0 Å². The Balaban J connectivity index is 1.55. The predicted molar refractivity (Wildman–Crippen MR) is 112 cm³/mol. The topological polar surface area (TPSA) is 49.9 Å². The molecule has 2 fully saturated rings. The van der Waals surface area contributed by atoms with Crippen molar-refractivity contribution >= 4 is 20.6 Å². The summed E-state index contributed by atoms with van der Waals surface area (Å²) in [5, 5.41) is 2.05. The molecule has 0 aromatic heterocycles. The van der Waals surface area contributed by atoms with Crippen molar-refractivity contribution in [2.45, 2.75) is 30.2 Å². The van der Waals surface area contributed by atoms with Crippen LogP contribution in [-0.2, 0) is 14.6 Å². The lowest BCUT2D eigenvalue weighted by atomic mass is 10.1. The predicted octanol–water partition coefficient (Wildman–Crippen LogP) is 2.80. The minimum atomic E-state index is -3.35. The summed E-state index contributed by atoms with van der Waals surface area (Å²) in [7, 11) is -3.35. The van der Waals surface area contributed by atoms with E-state index >= 15 is 0 Å². The Kier molecular flexibility index (Phi) is 6.31. The zero-order valence-corrected chi connectivity index (χ0v) is 17.2. The van der Waals surface area contributed by atoms with Gasteiger partial charge in [-0.25, -0.2) is 8.42 Å². The Morgan fingerprint density at radius 2 is 1.61 bits per heavy atom. The first-order valence-electron chi connectivity index (χ1n) is 10.4. The first kappa shape index (κ1) is 19.8. The van der Waals surface area contributed by atoms with E-state index in [1.807, 2.05) is 36.4 Å². The number of piperidine rings is 1. The number of hydrogen-bond donors (Lipinski definition) is 0.